The average Bonchev–Trinajstić information content (AvgIpc) is 1.00. The van der Waals surface area contributed by atoms with Crippen LogP contribution in [0.15, 0.2) is 0 Å². The van der Waals surface area contributed by atoms with E-state index in [0.29, 0.717) is 0 Å². The van der Waals surface area contributed by atoms with Crippen LogP contribution < -0.4 is 0 Å². The zero-order valence-corrected chi connectivity index (χ0v) is 4.65. The Hall–Kier alpha value is 3.04. The van der Waals surface area contributed by atoms with Gasteiger partial charge in [-0.1, -0.05) is 0 Å². The summed E-state index contributed by atoms with van der Waals surface area (Å²) in [7, 11) is 0. The molecule has 4 heavy (non-hydrogen) atoms. The summed E-state index contributed by atoms with van der Waals surface area (Å²) in [5, 5.41) is 0. The molecular weight excluding hydrogens is 204 g/mol. The van der Waals surface area contributed by atoms with Gasteiger partial charge in [-0.25, -0.2) is 0 Å². The van der Waals surface area contributed by atoms with E-state index >= 15 is 0 Å². The molecule has 0 saturated carbocycles. The Kier molecular flexibility index (Phi) is 65.3. The van der Waals surface area contributed by atoms with Crippen molar-refractivity contribution in [3.05, 3.63) is 0 Å². The van der Waals surface area contributed by atoms with Crippen molar-refractivity contribution in [2.75, 3.05) is 0 Å². The van der Waals surface area contributed by atoms with Crippen LogP contribution in [0.2, 0.25) is 0 Å². The predicted octanol–water partition coefficient (Wildman–Crippen LogP) is -2.59. The molecule has 0 nitrogen and oxygen atoms in total. The van der Waals surface area contributed by atoms with E-state index < -0.39 is 0 Å². The molecule has 0 aromatic carbocycles. The van der Waals surface area contributed by atoms with Gasteiger partial charge in [0.05, 0.1) is 0 Å². The molecule has 0 bridgehead atoms. The summed E-state index contributed by atoms with van der Waals surface area (Å²) in [5.41, 5.74) is 0. The third kappa shape index (κ3) is 8.90. The van der Waals surface area contributed by atoms with Crippen LogP contribution in [-0.2, 0) is 0 Å². The summed E-state index contributed by atoms with van der Waals surface area (Å²) < 4.78 is 0. The van der Waals surface area contributed by atoms with Gasteiger partial charge in [0.25, 0.3) is 0 Å². The van der Waals surface area contributed by atoms with Crippen molar-refractivity contribution in [2.45, 2.75) is 0 Å². The maximum atomic E-state index is 2.25. The average molecular weight is 208 g/mol. The minimum absolute atomic E-state index is 0. The van der Waals surface area contributed by atoms with E-state index in [2.05, 4.69) is 28.4 Å². The van der Waals surface area contributed by atoms with Crippen LogP contribution in [0.3, 0.4) is 0 Å². The third-order valence-corrected chi connectivity index (χ3v) is 0. The summed E-state index contributed by atoms with van der Waals surface area (Å²) in [6, 6.07) is 0. The van der Waals surface area contributed by atoms with Crippen molar-refractivity contribution in [1.82, 2.24) is 0 Å². The van der Waals surface area contributed by atoms with Crippen molar-refractivity contribution in [2.24, 2.45) is 0 Å². The van der Waals surface area contributed by atoms with Gasteiger partial charge in [-0.2, -0.15) is 0 Å². The summed E-state index contributed by atoms with van der Waals surface area (Å²) in [6.45, 7) is 0. The van der Waals surface area contributed by atoms with E-state index in [1.54, 1.807) is 0 Å². The molecular formula is H4Na2Se2. The minimum atomic E-state index is 0. The molecule has 0 aromatic rings. The van der Waals surface area contributed by atoms with E-state index in [0.717, 1.165) is 0 Å². The summed E-state index contributed by atoms with van der Waals surface area (Å²) in [6.07, 6.45) is 0. The van der Waals surface area contributed by atoms with Gasteiger partial charge in [-0.05, 0) is 0 Å². The normalized spacial score (nSPS) is 1.50. The Labute approximate surface area is 85.6 Å². The van der Waals surface area contributed by atoms with Gasteiger partial charge in [0, 0.05) is 0 Å². The van der Waals surface area contributed by atoms with Gasteiger partial charge in [-0.15, -0.1) is 0 Å². The molecule has 0 saturated heterocycles. The van der Waals surface area contributed by atoms with Crippen LogP contribution in [0.4, 0.5) is 0 Å². The Morgan fingerprint density at radius 1 is 0.750 bits per heavy atom. The molecule has 0 rings (SSSR count). The van der Waals surface area contributed by atoms with E-state index in [1.807, 2.05) is 0 Å². The first-order chi connectivity index (χ1) is 1.00. The molecule has 0 heterocycles. The van der Waals surface area contributed by atoms with Crippen LogP contribution in [0.1, 0.15) is 0 Å². The van der Waals surface area contributed by atoms with Crippen molar-refractivity contribution in [3.63, 3.8) is 0 Å². The van der Waals surface area contributed by atoms with E-state index in [1.165, 1.54) is 0 Å². The zero-order valence-electron chi connectivity index (χ0n) is 0.894. The van der Waals surface area contributed by atoms with Crippen molar-refractivity contribution in [1.29, 1.82) is 0 Å². The van der Waals surface area contributed by atoms with Gasteiger partial charge in [0.15, 0.2) is 0 Å². The Balaban J connectivity index is -0.00000000500. The molecule has 0 unspecified atom stereocenters. The van der Waals surface area contributed by atoms with Crippen molar-refractivity contribution in [3.8, 4) is 0 Å². The first kappa shape index (κ1) is 15.7. The Bertz CT molecular complexity index is 4.00. The molecule has 0 spiro atoms. The van der Waals surface area contributed by atoms with Gasteiger partial charge in [-0.3, -0.25) is 0 Å². The predicted molar refractivity (Wildman–Crippen MR) is 28.6 cm³/mol. The maximum absolute atomic E-state index is 2.25. The van der Waals surface area contributed by atoms with Gasteiger partial charge < -0.3 is 0 Å². The zero-order chi connectivity index (χ0) is 2.00. The second-order valence-corrected chi connectivity index (χ2v) is 0. The van der Waals surface area contributed by atoms with E-state index in [-0.39, 0.29) is 59.1 Å². The number of hydrogen-bond donors (Lipinski definition) is 0. The van der Waals surface area contributed by atoms with Crippen LogP contribution in [-0.4, -0.2) is 87.5 Å². The molecule has 4 heteroatoms. The fraction of sp³-hybridized carbons (Fsp3) is 0. The second-order valence-electron chi connectivity index (χ2n) is 0. The van der Waals surface area contributed by atoms with E-state index in [9.17, 15) is 0 Å². The van der Waals surface area contributed by atoms with Gasteiger partial charge >= 0.3 is 87.5 Å². The fourth-order valence-electron chi connectivity index (χ4n) is 0. The van der Waals surface area contributed by atoms with Crippen LogP contribution >= 0.6 is 0 Å². The number of hydrogen-bond acceptors (Lipinski definition) is 0. The Morgan fingerprint density at radius 2 is 0.750 bits per heavy atom. The van der Waals surface area contributed by atoms with Crippen LogP contribution in [0.25, 0.3) is 0 Å². The van der Waals surface area contributed by atoms with Crippen LogP contribution in [0.5, 0.6) is 0 Å². The number of rotatable bonds is 0. The van der Waals surface area contributed by atoms with Gasteiger partial charge in [0.1, 0.15) is 0 Å². The molecule has 0 aromatic heterocycles. The second kappa shape index (κ2) is 16.6. The van der Waals surface area contributed by atoms with Crippen LogP contribution in [0, 0.1) is 0 Å². The van der Waals surface area contributed by atoms with Gasteiger partial charge in [0.2, 0.25) is 0 Å². The summed E-state index contributed by atoms with van der Waals surface area (Å²) in [4.78, 5) is 0. The molecule has 0 aliphatic heterocycles. The molecule has 0 atom stereocenters. The standard InChI is InChI=1S/2Na.H2Se2.2H/c;;1-2;;/h;;1-2H;;. The molecule has 0 amide bonds. The molecule has 0 fully saturated rings. The SMILES string of the molecule is [NaH].[NaH].[SeH][SeH]. The molecule has 0 aliphatic rings. The summed E-state index contributed by atoms with van der Waals surface area (Å²) >= 11 is 4.50. The van der Waals surface area contributed by atoms with Crippen molar-refractivity contribution < 1.29 is 0 Å². The Morgan fingerprint density at radius 3 is 0.750 bits per heavy atom. The summed E-state index contributed by atoms with van der Waals surface area (Å²) in [5.74, 6) is 0. The molecule has 18 valence electrons. The third-order valence-electron chi connectivity index (χ3n) is 0. The monoisotopic (exact) mass is 210 g/mol. The molecule has 0 N–H and O–H groups in total. The fourth-order valence-corrected chi connectivity index (χ4v) is 0. The molecule has 0 radical (unpaired) electrons. The molecule has 0 aliphatic carbocycles. The quantitative estimate of drug-likeness (QED) is 0.383. The first-order valence-electron chi connectivity index (χ1n) is 0.200. The van der Waals surface area contributed by atoms with E-state index in [4.69, 9.17) is 0 Å². The van der Waals surface area contributed by atoms with Crippen molar-refractivity contribution >= 4 is 87.5 Å². The topological polar surface area (TPSA) is 0 Å². The first-order valence-corrected chi connectivity index (χ1v) is 5.40.